The molecule has 0 bridgehead atoms. The molecule has 3 N–H and O–H groups in total. The van der Waals surface area contributed by atoms with Crippen molar-refractivity contribution in [3.8, 4) is 0 Å². The zero-order valence-corrected chi connectivity index (χ0v) is 19.3. The normalized spacial score (nSPS) is 12.0. The summed E-state index contributed by atoms with van der Waals surface area (Å²) in [6.45, 7) is 4.50. The van der Waals surface area contributed by atoms with Crippen molar-refractivity contribution >= 4 is 39.1 Å². The lowest BCUT2D eigenvalue weighted by Gasteiger charge is -2.22. The summed E-state index contributed by atoms with van der Waals surface area (Å²) in [7, 11) is -2.55. The first-order chi connectivity index (χ1) is 15.0. The minimum atomic E-state index is -3.98. The molecule has 2 rings (SSSR count). The number of likely N-dealkylation sites (N-methyl/N-ethyl adjacent to an activating group) is 1. The lowest BCUT2D eigenvalue weighted by molar-refractivity contribution is -0.134. The molecule has 2 aromatic carbocycles. The van der Waals surface area contributed by atoms with E-state index in [0.29, 0.717) is 11.4 Å². The Balaban J connectivity index is 1.98. The number of hydrogen-bond donors (Lipinski definition) is 3. The van der Waals surface area contributed by atoms with Crippen molar-refractivity contribution < 1.29 is 22.8 Å². The van der Waals surface area contributed by atoms with Gasteiger partial charge in [0.1, 0.15) is 0 Å². The summed E-state index contributed by atoms with van der Waals surface area (Å²) in [5.74, 6) is -1.21. The Hall–Kier alpha value is -3.24. The summed E-state index contributed by atoms with van der Waals surface area (Å²) < 4.78 is 27.5. The third kappa shape index (κ3) is 6.89. The number of anilines is 2. The number of carbonyl (C=O) groups excluding carboxylic acids is 3. The maximum Gasteiger partial charge on any atom is 0.243 e. The van der Waals surface area contributed by atoms with Crippen LogP contribution < -0.4 is 15.4 Å². The summed E-state index contributed by atoms with van der Waals surface area (Å²) in [4.78, 5) is 37.2. The number of nitrogens with zero attached hydrogens (tertiary/aromatic N) is 1. The highest BCUT2D eigenvalue weighted by molar-refractivity contribution is 7.89. The second kappa shape index (κ2) is 10.9. The van der Waals surface area contributed by atoms with E-state index in [4.69, 9.17) is 0 Å². The second-order valence-electron chi connectivity index (χ2n) is 7.30. The van der Waals surface area contributed by atoms with E-state index in [1.165, 1.54) is 45.2 Å². The molecule has 0 aliphatic carbocycles. The lowest BCUT2D eigenvalue weighted by atomic mass is 10.1. The van der Waals surface area contributed by atoms with E-state index in [2.05, 4.69) is 15.4 Å². The van der Waals surface area contributed by atoms with Gasteiger partial charge in [-0.05, 0) is 49.2 Å². The van der Waals surface area contributed by atoms with Gasteiger partial charge in [0.2, 0.25) is 27.7 Å². The standard InChI is InChI=1S/C22H28N4O5S/c1-5-17-8-6-7-9-20(17)24-21(28)14-26(4)22(29)15(2)25-32(30,31)19-12-10-18(11-13-19)23-16(3)27/h6-13,15,25H,5,14H2,1-4H3,(H,23,27)(H,24,28)/t15-/m0/s1. The van der Waals surface area contributed by atoms with Gasteiger partial charge in [0.15, 0.2) is 0 Å². The Morgan fingerprint density at radius 2 is 1.62 bits per heavy atom. The third-order valence-electron chi connectivity index (χ3n) is 4.62. The van der Waals surface area contributed by atoms with Crippen molar-refractivity contribution in [2.75, 3.05) is 24.2 Å². The van der Waals surface area contributed by atoms with E-state index in [1.54, 1.807) is 6.07 Å². The van der Waals surface area contributed by atoms with Crippen LogP contribution in [0, 0.1) is 0 Å². The number of carbonyl (C=O) groups is 3. The number of hydrogen-bond acceptors (Lipinski definition) is 5. The van der Waals surface area contributed by atoms with Crippen LogP contribution in [0.15, 0.2) is 53.4 Å². The maximum atomic E-state index is 12.6. The molecule has 172 valence electrons. The third-order valence-corrected chi connectivity index (χ3v) is 6.17. The van der Waals surface area contributed by atoms with Gasteiger partial charge >= 0.3 is 0 Å². The lowest BCUT2D eigenvalue weighted by Crippen LogP contribution is -2.47. The van der Waals surface area contributed by atoms with Gasteiger partial charge in [-0.25, -0.2) is 8.42 Å². The Morgan fingerprint density at radius 3 is 2.22 bits per heavy atom. The monoisotopic (exact) mass is 460 g/mol. The quantitative estimate of drug-likeness (QED) is 0.528. The predicted octanol–water partition coefficient (Wildman–Crippen LogP) is 1.97. The van der Waals surface area contributed by atoms with Gasteiger partial charge in [-0.1, -0.05) is 25.1 Å². The molecule has 0 unspecified atom stereocenters. The first kappa shape index (κ1) is 25.0. The molecule has 9 nitrogen and oxygen atoms in total. The molecule has 0 spiro atoms. The Bertz CT molecular complexity index is 1080. The van der Waals surface area contributed by atoms with Gasteiger partial charge in [0.25, 0.3) is 0 Å². The molecule has 0 saturated heterocycles. The molecule has 3 amide bonds. The van der Waals surface area contributed by atoms with Crippen molar-refractivity contribution in [1.82, 2.24) is 9.62 Å². The fourth-order valence-electron chi connectivity index (χ4n) is 3.04. The average molecular weight is 461 g/mol. The Morgan fingerprint density at radius 1 is 1.00 bits per heavy atom. The first-order valence-electron chi connectivity index (χ1n) is 10.1. The van der Waals surface area contributed by atoms with E-state index in [1.807, 2.05) is 25.1 Å². The number of amides is 3. The highest BCUT2D eigenvalue weighted by Gasteiger charge is 2.25. The van der Waals surface area contributed by atoms with Gasteiger partial charge in [0, 0.05) is 25.3 Å². The van der Waals surface area contributed by atoms with Crippen LogP contribution in [-0.4, -0.2) is 50.7 Å². The number of rotatable bonds is 9. The fourth-order valence-corrected chi connectivity index (χ4v) is 4.23. The summed E-state index contributed by atoms with van der Waals surface area (Å²) in [5.41, 5.74) is 2.11. The second-order valence-corrected chi connectivity index (χ2v) is 9.02. The van der Waals surface area contributed by atoms with Crippen molar-refractivity contribution in [3.05, 3.63) is 54.1 Å². The minimum Gasteiger partial charge on any atom is -0.335 e. The molecule has 0 aliphatic rings. The molecule has 10 heteroatoms. The van der Waals surface area contributed by atoms with E-state index >= 15 is 0 Å². The average Bonchev–Trinajstić information content (AvgIpc) is 2.73. The molecule has 0 heterocycles. The molecular weight excluding hydrogens is 432 g/mol. The van der Waals surface area contributed by atoms with Crippen LogP contribution in [0.4, 0.5) is 11.4 Å². The number of aryl methyl sites for hydroxylation is 1. The van der Waals surface area contributed by atoms with Crippen molar-refractivity contribution in [1.29, 1.82) is 0 Å². The maximum absolute atomic E-state index is 12.6. The van der Waals surface area contributed by atoms with Crippen LogP contribution in [-0.2, 0) is 30.8 Å². The summed E-state index contributed by atoms with van der Waals surface area (Å²) >= 11 is 0. The van der Waals surface area contributed by atoms with Crippen LogP contribution >= 0.6 is 0 Å². The molecule has 0 saturated carbocycles. The predicted molar refractivity (Wildman–Crippen MR) is 123 cm³/mol. The van der Waals surface area contributed by atoms with E-state index in [0.717, 1.165) is 16.9 Å². The summed E-state index contributed by atoms with van der Waals surface area (Å²) in [6.07, 6.45) is 0.746. The zero-order valence-electron chi connectivity index (χ0n) is 18.5. The van der Waals surface area contributed by atoms with Gasteiger partial charge in [0.05, 0.1) is 17.5 Å². The number of para-hydroxylation sites is 1. The zero-order chi connectivity index (χ0) is 23.9. The molecule has 2 aromatic rings. The molecule has 0 fully saturated rings. The summed E-state index contributed by atoms with van der Waals surface area (Å²) in [6, 6.07) is 11.8. The number of sulfonamides is 1. The Kier molecular flexibility index (Phi) is 8.50. The van der Waals surface area contributed by atoms with Gasteiger partial charge in [-0.2, -0.15) is 4.72 Å². The first-order valence-corrected chi connectivity index (χ1v) is 11.5. The van der Waals surface area contributed by atoms with Crippen molar-refractivity contribution in [2.24, 2.45) is 0 Å². The van der Waals surface area contributed by atoms with Gasteiger partial charge in [-0.15, -0.1) is 0 Å². The van der Waals surface area contributed by atoms with Crippen LogP contribution in [0.25, 0.3) is 0 Å². The van der Waals surface area contributed by atoms with E-state index in [9.17, 15) is 22.8 Å². The van der Waals surface area contributed by atoms with Gasteiger partial charge in [-0.3, -0.25) is 14.4 Å². The van der Waals surface area contributed by atoms with Crippen LogP contribution in [0.2, 0.25) is 0 Å². The van der Waals surface area contributed by atoms with Crippen LogP contribution in [0.1, 0.15) is 26.3 Å². The van der Waals surface area contributed by atoms with Gasteiger partial charge < -0.3 is 15.5 Å². The van der Waals surface area contributed by atoms with Crippen LogP contribution in [0.3, 0.4) is 0 Å². The molecule has 32 heavy (non-hydrogen) atoms. The number of benzene rings is 2. The SMILES string of the molecule is CCc1ccccc1NC(=O)CN(C)C(=O)[C@H](C)NS(=O)(=O)c1ccc(NC(C)=O)cc1. The molecule has 1 atom stereocenters. The minimum absolute atomic E-state index is 0.0529. The fraction of sp³-hybridized carbons (Fsp3) is 0.318. The van der Waals surface area contributed by atoms with E-state index < -0.39 is 22.0 Å². The van der Waals surface area contributed by atoms with Crippen LogP contribution in [0.5, 0.6) is 0 Å². The van der Waals surface area contributed by atoms with Crippen molar-refractivity contribution in [2.45, 2.75) is 38.1 Å². The molecule has 0 aliphatic heterocycles. The Labute approximate surface area is 188 Å². The largest absolute Gasteiger partial charge is 0.335 e. The molecular formula is C22H28N4O5S. The topological polar surface area (TPSA) is 125 Å². The molecule has 0 aromatic heterocycles. The molecule has 0 radical (unpaired) electrons. The smallest absolute Gasteiger partial charge is 0.243 e. The van der Waals surface area contributed by atoms with Crippen molar-refractivity contribution in [3.63, 3.8) is 0 Å². The van der Waals surface area contributed by atoms with E-state index in [-0.39, 0.29) is 23.3 Å². The number of nitrogens with one attached hydrogen (secondary N) is 3. The highest BCUT2D eigenvalue weighted by atomic mass is 32.2. The summed E-state index contributed by atoms with van der Waals surface area (Å²) in [5, 5.41) is 5.32. The highest BCUT2D eigenvalue weighted by Crippen LogP contribution is 2.16.